The van der Waals surface area contributed by atoms with Crippen LogP contribution < -0.4 is 19.9 Å². The van der Waals surface area contributed by atoms with Crippen molar-refractivity contribution in [1.29, 1.82) is 0 Å². The molecule has 2 aliphatic rings. The molecule has 2 aromatic heterocycles. The van der Waals surface area contributed by atoms with Crippen LogP contribution in [0.3, 0.4) is 0 Å². The van der Waals surface area contributed by atoms with Crippen LogP contribution in [0.25, 0.3) is 5.65 Å². The molecule has 0 radical (unpaired) electrons. The second kappa shape index (κ2) is 8.68. The maximum atomic E-state index is 12.9. The van der Waals surface area contributed by atoms with E-state index in [1.54, 1.807) is 18.2 Å². The number of fused-ring (bicyclic) bond motifs is 1. The fourth-order valence-electron chi connectivity index (χ4n) is 4.62. The highest BCUT2D eigenvalue weighted by atomic mass is 16.5. The van der Waals surface area contributed by atoms with Gasteiger partial charge in [-0.2, -0.15) is 0 Å². The van der Waals surface area contributed by atoms with Crippen LogP contribution in [0.2, 0.25) is 0 Å². The molecular formula is C23H27N7O3. The van der Waals surface area contributed by atoms with E-state index in [1.165, 1.54) is 0 Å². The van der Waals surface area contributed by atoms with Gasteiger partial charge < -0.3 is 19.9 Å². The summed E-state index contributed by atoms with van der Waals surface area (Å²) in [6.45, 7) is 3.83. The monoisotopic (exact) mass is 449 g/mol. The first-order chi connectivity index (χ1) is 16.0. The fourth-order valence-corrected chi connectivity index (χ4v) is 4.62. The number of methoxy groups -OCH3 is 1. The van der Waals surface area contributed by atoms with Crippen molar-refractivity contribution in [2.24, 2.45) is 5.92 Å². The van der Waals surface area contributed by atoms with Gasteiger partial charge in [-0.05, 0) is 31.9 Å². The van der Waals surface area contributed by atoms with Gasteiger partial charge in [-0.1, -0.05) is 6.07 Å². The zero-order valence-corrected chi connectivity index (χ0v) is 18.8. The Kier molecular flexibility index (Phi) is 5.57. The number of amides is 2. The Morgan fingerprint density at radius 3 is 2.82 bits per heavy atom. The molecule has 0 spiro atoms. The Hall–Kier alpha value is -3.69. The number of hydrogen-bond acceptors (Lipinski definition) is 7. The molecule has 5 rings (SSSR count). The van der Waals surface area contributed by atoms with Crippen LogP contribution in [0.15, 0.2) is 36.7 Å². The van der Waals surface area contributed by atoms with Crippen molar-refractivity contribution in [3.8, 4) is 5.75 Å². The van der Waals surface area contributed by atoms with E-state index in [2.05, 4.69) is 25.4 Å². The Balaban J connectivity index is 1.18. The minimum absolute atomic E-state index is 0.0407. The lowest BCUT2D eigenvalue weighted by Crippen LogP contribution is -2.47. The molecule has 1 aromatic carbocycles. The van der Waals surface area contributed by atoms with Crippen molar-refractivity contribution in [3.05, 3.63) is 42.5 Å². The lowest BCUT2D eigenvalue weighted by Gasteiger charge is -2.33. The summed E-state index contributed by atoms with van der Waals surface area (Å²) >= 11 is 0. The van der Waals surface area contributed by atoms with Crippen LogP contribution >= 0.6 is 0 Å². The van der Waals surface area contributed by atoms with Gasteiger partial charge in [-0.25, -0.2) is 4.98 Å². The molecule has 0 bridgehead atoms. The first-order valence-electron chi connectivity index (χ1n) is 11.2. The van der Waals surface area contributed by atoms with Crippen molar-refractivity contribution in [1.82, 2.24) is 24.9 Å². The second-order valence-electron chi connectivity index (χ2n) is 8.57. The van der Waals surface area contributed by atoms with Gasteiger partial charge in [0.05, 0.1) is 13.0 Å². The number of hydrogen-bond donors (Lipinski definition) is 1. The molecule has 4 heterocycles. The average Bonchev–Trinajstić information content (AvgIpc) is 3.42. The Morgan fingerprint density at radius 2 is 2.03 bits per heavy atom. The first kappa shape index (κ1) is 21.2. The van der Waals surface area contributed by atoms with E-state index in [0.717, 1.165) is 48.9 Å². The number of ether oxygens (including phenoxy) is 1. The van der Waals surface area contributed by atoms with Gasteiger partial charge in [0.15, 0.2) is 5.82 Å². The van der Waals surface area contributed by atoms with E-state index in [4.69, 9.17) is 4.74 Å². The number of piperidine rings is 1. The summed E-state index contributed by atoms with van der Waals surface area (Å²) in [5.74, 6) is 1.88. The summed E-state index contributed by atoms with van der Waals surface area (Å²) in [6, 6.07) is 7.44. The van der Waals surface area contributed by atoms with Crippen molar-refractivity contribution in [3.63, 3.8) is 0 Å². The Bertz CT molecular complexity index is 1190. The predicted molar refractivity (Wildman–Crippen MR) is 122 cm³/mol. The minimum atomic E-state index is -0.351. The largest absolute Gasteiger partial charge is 0.497 e. The number of aromatic nitrogens is 4. The van der Waals surface area contributed by atoms with Gasteiger partial charge in [0, 0.05) is 56.2 Å². The van der Waals surface area contributed by atoms with E-state index in [1.807, 2.05) is 41.8 Å². The molecule has 3 aromatic rings. The standard InChI is InChI=1S/C23H27N7O3/c1-15-26-27-22-21(24-8-11-29(15)22)28-9-6-17(7-10-28)25-23(32)16-12-20(31)30(14-16)18-4-3-5-19(13-18)33-2/h3-5,8,11,13,16-17H,6-7,9-10,12,14H2,1-2H3,(H,25,32). The van der Waals surface area contributed by atoms with Gasteiger partial charge in [0.25, 0.3) is 0 Å². The number of benzene rings is 1. The van der Waals surface area contributed by atoms with Crippen molar-refractivity contribution < 1.29 is 14.3 Å². The van der Waals surface area contributed by atoms with E-state index < -0.39 is 0 Å². The van der Waals surface area contributed by atoms with Crippen LogP contribution in [0.1, 0.15) is 25.1 Å². The molecule has 1 atom stereocenters. The maximum Gasteiger partial charge on any atom is 0.227 e. The molecular weight excluding hydrogens is 422 g/mol. The highest BCUT2D eigenvalue weighted by Crippen LogP contribution is 2.28. The lowest BCUT2D eigenvalue weighted by atomic mass is 10.0. The zero-order valence-electron chi connectivity index (χ0n) is 18.8. The summed E-state index contributed by atoms with van der Waals surface area (Å²) in [5, 5.41) is 11.6. The van der Waals surface area contributed by atoms with Gasteiger partial charge in [0.1, 0.15) is 11.6 Å². The molecule has 10 nitrogen and oxygen atoms in total. The number of nitrogens with one attached hydrogen (secondary N) is 1. The van der Waals surface area contributed by atoms with Crippen LogP contribution in [-0.2, 0) is 9.59 Å². The van der Waals surface area contributed by atoms with Crippen molar-refractivity contribution in [2.45, 2.75) is 32.2 Å². The molecule has 172 valence electrons. The average molecular weight is 450 g/mol. The molecule has 2 saturated heterocycles. The molecule has 2 fully saturated rings. The molecule has 33 heavy (non-hydrogen) atoms. The van der Waals surface area contributed by atoms with E-state index >= 15 is 0 Å². The maximum absolute atomic E-state index is 12.9. The Labute approximate surface area is 191 Å². The highest BCUT2D eigenvalue weighted by molar-refractivity contribution is 6.00. The van der Waals surface area contributed by atoms with Crippen molar-refractivity contribution >= 4 is 29.0 Å². The van der Waals surface area contributed by atoms with Gasteiger partial charge in [-0.3, -0.25) is 14.0 Å². The number of carbonyl (C=O) groups is 2. The molecule has 1 N–H and O–H groups in total. The summed E-state index contributed by atoms with van der Waals surface area (Å²) in [6.07, 6.45) is 5.46. The first-order valence-corrected chi connectivity index (χ1v) is 11.2. The summed E-state index contributed by atoms with van der Waals surface area (Å²) < 4.78 is 7.19. The number of nitrogens with zero attached hydrogens (tertiary/aromatic N) is 6. The molecule has 2 aliphatic heterocycles. The summed E-state index contributed by atoms with van der Waals surface area (Å²) in [5.41, 5.74) is 1.51. The third-order valence-electron chi connectivity index (χ3n) is 6.48. The topological polar surface area (TPSA) is 105 Å². The van der Waals surface area contributed by atoms with Gasteiger partial charge >= 0.3 is 0 Å². The smallest absolute Gasteiger partial charge is 0.227 e. The van der Waals surface area contributed by atoms with Crippen LogP contribution in [0, 0.1) is 12.8 Å². The quantitative estimate of drug-likeness (QED) is 0.631. The molecule has 10 heteroatoms. The number of aryl methyl sites for hydroxylation is 1. The van der Waals surface area contributed by atoms with E-state index in [9.17, 15) is 9.59 Å². The number of carbonyl (C=O) groups excluding carboxylic acids is 2. The van der Waals surface area contributed by atoms with Gasteiger partial charge in [-0.15, -0.1) is 10.2 Å². The normalized spacial score (nSPS) is 19.3. The van der Waals surface area contributed by atoms with Gasteiger partial charge in [0.2, 0.25) is 17.5 Å². The fraction of sp³-hybridized carbons (Fsp3) is 0.435. The van der Waals surface area contributed by atoms with Crippen LogP contribution in [-0.4, -0.2) is 64.2 Å². The third-order valence-corrected chi connectivity index (χ3v) is 6.48. The van der Waals surface area contributed by atoms with Crippen LogP contribution in [0.5, 0.6) is 5.75 Å². The summed E-state index contributed by atoms with van der Waals surface area (Å²) in [4.78, 5) is 33.9. The molecule has 0 saturated carbocycles. The minimum Gasteiger partial charge on any atom is -0.497 e. The second-order valence-corrected chi connectivity index (χ2v) is 8.57. The lowest BCUT2D eigenvalue weighted by molar-refractivity contribution is -0.127. The molecule has 0 aliphatic carbocycles. The molecule has 2 amide bonds. The van der Waals surface area contributed by atoms with Crippen molar-refractivity contribution in [2.75, 3.05) is 36.5 Å². The predicted octanol–water partition coefficient (Wildman–Crippen LogP) is 1.58. The Morgan fingerprint density at radius 1 is 1.21 bits per heavy atom. The van der Waals surface area contributed by atoms with E-state index in [-0.39, 0.29) is 30.2 Å². The summed E-state index contributed by atoms with van der Waals surface area (Å²) in [7, 11) is 1.59. The molecule has 1 unspecified atom stereocenters. The SMILES string of the molecule is COc1cccc(N2CC(C(=O)NC3CCN(c4nccn5c(C)nnc45)CC3)CC2=O)c1. The van der Waals surface area contributed by atoms with Crippen LogP contribution in [0.4, 0.5) is 11.5 Å². The third kappa shape index (κ3) is 4.08. The zero-order chi connectivity index (χ0) is 22.9. The highest BCUT2D eigenvalue weighted by Gasteiger charge is 2.36. The number of rotatable bonds is 5. The number of anilines is 2. The van der Waals surface area contributed by atoms with E-state index in [0.29, 0.717) is 12.3 Å².